The third kappa shape index (κ3) is 4.73. The monoisotopic (exact) mass is 409 g/mol. The van der Waals surface area contributed by atoms with Crippen molar-refractivity contribution in [1.82, 2.24) is 9.97 Å². The van der Waals surface area contributed by atoms with Gasteiger partial charge in [0.25, 0.3) is 0 Å². The first-order valence-corrected chi connectivity index (χ1v) is 9.28. The summed E-state index contributed by atoms with van der Waals surface area (Å²) in [5.74, 6) is 0.186. The van der Waals surface area contributed by atoms with Crippen LogP contribution in [0.25, 0.3) is 0 Å². The first-order chi connectivity index (χ1) is 12.9. The Morgan fingerprint density at radius 2 is 1.81 bits per heavy atom. The third-order valence-corrected chi connectivity index (χ3v) is 4.93. The molecule has 3 aromatic rings. The van der Waals surface area contributed by atoms with Gasteiger partial charge in [-0.05, 0) is 37.3 Å². The van der Waals surface area contributed by atoms with Crippen LogP contribution in [0, 0.1) is 0 Å². The Morgan fingerprint density at radius 3 is 2.44 bits per heavy atom. The van der Waals surface area contributed by atoms with Gasteiger partial charge in [0.05, 0.1) is 0 Å². The summed E-state index contributed by atoms with van der Waals surface area (Å²) in [5, 5.41) is 0.385. The molecule has 0 saturated heterocycles. The molecule has 0 aliphatic carbocycles. The molecule has 0 aliphatic heterocycles. The predicted molar refractivity (Wildman–Crippen MR) is 102 cm³/mol. The molecule has 0 bridgehead atoms. The van der Waals surface area contributed by atoms with Gasteiger partial charge in [0.15, 0.2) is 0 Å². The molecule has 3 rings (SSSR count). The molecule has 0 aliphatic rings. The highest BCUT2D eigenvalue weighted by molar-refractivity contribution is 7.99. The van der Waals surface area contributed by atoms with Crippen LogP contribution in [0.3, 0.4) is 0 Å². The molecule has 0 saturated carbocycles. The Bertz CT molecular complexity index is 920. The molecule has 2 aromatic carbocycles. The van der Waals surface area contributed by atoms with E-state index in [1.54, 1.807) is 59.5 Å². The van der Waals surface area contributed by atoms with Crippen LogP contribution < -0.4 is 4.90 Å². The lowest BCUT2D eigenvalue weighted by atomic mass is 10.3. The van der Waals surface area contributed by atoms with Crippen LogP contribution in [0.15, 0.2) is 70.7 Å². The number of aromatic nitrogens is 2. The lowest BCUT2D eigenvalue weighted by Crippen LogP contribution is -2.20. The van der Waals surface area contributed by atoms with Gasteiger partial charge >= 0.3 is 6.18 Å². The predicted octanol–water partition coefficient (Wildman–Crippen LogP) is 6.46. The van der Waals surface area contributed by atoms with E-state index in [0.29, 0.717) is 22.2 Å². The highest BCUT2D eigenvalue weighted by Crippen LogP contribution is 2.39. The van der Waals surface area contributed by atoms with E-state index in [0.717, 1.165) is 18.0 Å². The number of halogens is 4. The molecule has 8 heteroatoms. The molecule has 140 valence electrons. The van der Waals surface area contributed by atoms with Crippen molar-refractivity contribution in [2.24, 2.45) is 0 Å². The molecule has 0 radical (unpaired) electrons. The number of benzene rings is 2. The fourth-order valence-electron chi connectivity index (χ4n) is 2.44. The Labute approximate surface area is 164 Å². The molecule has 1 heterocycles. The summed E-state index contributed by atoms with van der Waals surface area (Å²) >= 11 is 6.99. The van der Waals surface area contributed by atoms with Crippen molar-refractivity contribution in [3.05, 3.63) is 71.4 Å². The SMILES string of the molecule is CCN(c1cccc(Cl)c1)c1ncc(C(F)(F)F)c(Sc2ccccc2)n1. The Kier molecular flexibility index (Phi) is 5.92. The molecule has 0 N–H and O–H groups in total. The van der Waals surface area contributed by atoms with E-state index >= 15 is 0 Å². The molecule has 0 amide bonds. The summed E-state index contributed by atoms with van der Waals surface area (Å²) in [6, 6.07) is 15.8. The summed E-state index contributed by atoms with van der Waals surface area (Å²) in [4.78, 5) is 10.6. The van der Waals surface area contributed by atoms with Crippen LogP contribution in [-0.4, -0.2) is 16.5 Å². The molecule has 0 unspecified atom stereocenters. The van der Waals surface area contributed by atoms with Crippen molar-refractivity contribution in [2.45, 2.75) is 23.0 Å². The van der Waals surface area contributed by atoms with Gasteiger partial charge < -0.3 is 4.90 Å². The highest BCUT2D eigenvalue weighted by atomic mass is 35.5. The fraction of sp³-hybridized carbons (Fsp3) is 0.158. The minimum atomic E-state index is -4.54. The summed E-state index contributed by atoms with van der Waals surface area (Å²) < 4.78 is 40.3. The van der Waals surface area contributed by atoms with Crippen molar-refractivity contribution in [3.8, 4) is 0 Å². The second kappa shape index (κ2) is 8.19. The summed E-state index contributed by atoms with van der Waals surface area (Å²) in [5.41, 5.74) is -0.150. The summed E-state index contributed by atoms with van der Waals surface area (Å²) in [7, 11) is 0. The summed E-state index contributed by atoms with van der Waals surface area (Å²) in [6.45, 7) is 2.34. The standard InChI is InChI=1S/C19H15ClF3N3S/c1-2-26(14-8-6-7-13(20)11-14)18-24-12-16(19(21,22)23)17(25-18)27-15-9-4-3-5-10-15/h3-12H,2H2,1H3. The van der Waals surface area contributed by atoms with Crippen molar-refractivity contribution in [3.63, 3.8) is 0 Å². The normalized spacial score (nSPS) is 11.4. The average molecular weight is 410 g/mol. The number of nitrogens with zero attached hydrogens (tertiary/aromatic N) is 3. The van der Waals surface area contributed by atoms with E-state index in [2.05, 4.69) is 9.97 Å². The highest BCUT2D eigenvalue weighted by Gasteiger charge is 2.35. The van der Waals surface area contributed by atoms with Crippen molar-refractivity contribution >= 4 is 35.0 Å². The maximum absolute atomic E-state index is 13.4. The fourth-order valence-corrected chi connectivity index (χ4v) is 3.55. The molecule has 27 heavy (non-hydrogen) atoms. The minimum absolute atomic E-state index is 0.140. The Balaban J connectivity index is 2.05. The maximum Gasteiger partial charge on any atom is 0.420 e. The lowest BCUT2D eigenvalue weighted by molar-refractivity contribution is -0.140. The maximum atomic E-state index is 13.4. The van der Waals surface area contributed by atoms with E-state index in [1.165, 1.54) is 0 Å². The number of anilines is 2. The number of hydrogen-bond acceptors (Lipinski definition) is 4. The smallest absolute Gasteiger partial charge is 0.311 e. The van der Waals surface area contributed by atoms with Crippen LogP contribution in [0.1, 0.15) is 12.5 Å². The Hall–Kier alpha value is -2.25. The first-order valence-electron chi connectivity index (χ1n) is 8.08. The van der Waals surface area contributed by atoms with Gasteiger partial charge in [-0.1, -0.05) is 47.6 Å². The molecule has 0 fully saturated rings. The van der Waals surface area contributed by atoms with Crippen LogP contribution in [0.5, 0.6) is 0 Å². The average Bonchev–Trinajstić information content (AvgIpc) is 2.62. The van der Waals surface area contributed by atoms with Crippen molar-refractivity contribution in [2.75, 3.05) is 11.4 Å². The largest absolute Gasteiger partial charge is 0.420 e. The van der Waals surface area contributed by atoms with E-state index in [9.17, 15) is 13.2 Å². The van der Waals surface area contributed by atoms with E-state index in [4.69, 9.17) is 11.6 Å². The van der Waals surface area contributed by atoms with Gasteiger partial charge in [-0.15, -0.1) is 0 Å². The molecular formula is C19H15ClF3N3S. The van der Waals surface area contributed by atoms with E-state index in [1.807, 2.05) is 6.92 Å². The van der Waals surface area contributed by atoms with Crippen LogP contribution in [0.4, 0.5) is 24.8 Å². The lowest BCUT2D eigenvalue weighted by Gasteiger charge is -2.22. The van der Waals surface area contributed by atoms with Crippen LogP contribution in [-0.2, 0) is 6.18 Å². The summed E-state index contributed by atoms with van der Waals surface area (Å²) in [6.07, 6.45) is -3.70. The zero-order valence-electron chi connectivity index (χ0n) is 14.2. The minimum Gasteiger partial charge on any atom is -0.311 e. The topological polar surface area (TPSA) is 29.0 Å². The van der Waals surface area contributed by atoms with Gasteiger partial charge in [-0.2, -0.15) is 13.2 Å². The van der Waals surface area contributed by atoms with Gasteiger partial charge in [0.2, 0.25) is 5.95 Å². The van der Waals surface area contributed by atoms with Crippen LogP contribution in [0.2, 0.25) is 5.02 Å². The van der Waals surface area contributed by atoms with Gasteiger partial charge in [-0.25, -0.2) is 9.97 Å². The van der Waals surface area contributed by atoms with E-state index < -0.39 is 11.7 Å². The zero-order chi connectivity index (χ0) is 19.4. The molecule has 3 nitrogen and oxygen atoms in total. The quantitative estimate of drug-likeness (QED) is 0.452. The van der Waals surface area contributed by atoms with Gasteiger partial charge in [0, 0.05) is 28.3 Å². The number of alkyl halides is 3. The van der Waals surface area contributed by atoms with Gasteiger partial charge in [-0.3, -0.25) is 0 Å². The van der Waals surface area contributed by atoms with Crippen LogP contribution >= 0.6 is 23.4 Å². The number of hydrogen-bond donors (Lipinski definition) is 0. The van der Waals surface area contributed by atoms with Crippen molar-refractivity contribution in [1.29, 1.82) is 0 Å². The zero-order valence-corrected chi connectivity index (χ0v) is 15.8. The number of rotatable bonds is 5. The first kappa shape index (κ1) is 19.5. The second-order valence-electron chi connectivity index (χ2n) is 5.53. The second-order valence-corrected chi connectivity index (χ2v) is 7.02. The molecular weight excluding hydrogens is 395 g/mol. The molecule has 0 spiro atoms. The molecule has 1 aromatic heterocycles. The third-order valence-electron chi connectivity index (χ3n) is 3.68. The Morgan fingerprint density at radius 1 is 1.07 bits per heavy atom. The van der Waals surface area contributed by atoms with E-state index in [-0.39, 0.29) is 11.0 Å². The molecule has 0 atom stereocenters. The van der Waals surface area contributed by atoms with Crippen molar-refractivity contribution < 1.29 is 13.2 Å². The van der Waals surface area contributed by atoms with Gasteiger partial charge in [0.1, 0.15) is 10.6 Å².